The third kappa shape index (κ3) is 5.69. The van der Waals surface area contributed by atoms with Crippen molar-refractivity contribution in [2.24, 2.45) is 5.73 Å². The summed E-state index contributed by atoms with van der Waals surface area (Å²) in [4.78, 5) is 11.9. The van der Waals surface area contributed by atoms with Gasteiger partial charge in [-0.05, 0) is 38.5 Å². The molecule has 0 aromatic heterocycles. The zero-order chi connectivity index (χ0) is 15.8. The van der Waals surface area contributed by atoms with Crippen molar-refractivity contribution in [1.82, 2.24) is 5.32 Å². The number of benzene rings is 1. The minimum absolute atomic E-state index is 0.231. The largest absolute Gasteiger partial charge is 0.481 e. The van der Waals surface area contributed by atoms with Gasteiger partial charge in [-0.15, -0.1) is 0 Å². The molecule has 118 valence electrons. The molecule has 3 N–H and O–H groups in total. The molecule has 0 spiro atoms. The summed E-state index contributed by atoms with van der Waals surface area (Å²) >= 11 is 0. The molecule has 1 aromatic carbocycles. The topological polar surface area (TPSA) is 73.6 Å². The van der Waals surface area contributed by atoms with Crippen LogP contribution in [0.25, 0.3) is 0 Å². The summed E-state index contributed by atoms with van der Waals surface area (Å²) in [5.74, 6) is -0.191. The quantitative estimate of drug-likeness (QED) is 0.717. The molecule has 1 aromatic rings. The molecule has 0 bridgehead atoms. The van der Waals surface area contributed by atoms with E-state index in [-0.39, 0.29) is 17.8 Å². The molecule has 21 heavy (non-hydrogen) atoms. The lowest BCUT2D eigenvalue weighted by Gasteiger charge is -2.18. The lowest BCUT2D eigenvalue weighted by molar-refractivity contribution is -0.127. The fourth-order valence-corrected chi connectivity index (χ4v) is 1.80. The number of amides is 1. The lowest BCUT2D eigenvalue weighted by Crippen LogP contribution is -2.37. The van der Waals surface area contributed by atoms with Crippen LogP contribution < -0.4 is 15.8 Å². The normalized spacial score (nSPS) is 13.6. The maximum absolute atomic E-state index is 13.2. The van der Waals surface area contributed by atoms with Gasteiger partial charge in [0.05, 0.1) is 0 Å². The van der Waals surface area contributed by atoms with E-state index in [4.69, 9.17) is 15.2 Å². The number of nitrogens with two attached hydrogens (primary N) is 1. The van der Waals surface area contributed by atoms with Crippen LogP contribution in [0.15, 0.2) is 18.2 Å². The summed E-state index contributed by atoms with van der Waals surface area (Å²) < 4.78 is 23.7. The number of nitrogens with one attached hydrogen (secondary N) is 1. The fraction of sp³-hybridized carbons (Fsp3) is 0.533. The van der Waals surface area contributed by atoms with E-state index < -0.39 is 6.10 Å². The molecule has 0 aliphatic heterocycles. The second-order valence-electron chi connectivity index (χ2n) is 4.87. The molecule has 0 fully saturated rings. The van der Waals surface area contributed by atoms with Crippen molar-refractivity contribution >= 4 is 5.91 Å². The minimum atomic E-state index is -0.685. The predicted octanol–water partition coefficient (Wildman–Crippen LogP) is 1.77. The third-order valence-corrected chi connectivity index (χ3v) is 2.96. The van der Waals surface area contributed by atoms with Crippen molar-refractivity contribution in [1.29, 1.82) is 0 Å². The first-order valence-corrected chi connectivity index (χ1v) is 6.94. The number of carbonyl (C=O) groups excluding carboxylic acids is 1. The summed E-state index contributed by atoms with van der Waals surface area (Å²) in [5.41, 5.74) is 6.32. The first-order valence-electron chi connectivity index (χ1n) is 6.94. The lowest BCUT2D eigenvalue weighted by atomic mass is 10.1. The van der Waals surface area contributed by atoms with Gasteiger partial charge in [0.25, 0.3) is 5.91 Å². The van der Waals surface area contributed by atoms with Crippen molar-refractivity contribution in [2.45, 2.75) is 32.4 Å². The van der Waals surface area contributed by atoms with E-state index >= 15 is 0 Å². The molecule has 0 saturated heterocycles. The monoisotopic (exact) mass is 298 g/mol. The number of rotatable bonds is 8. The smallest absolute Gasteiger partial charge is 0.260 e. The second kappa shape index (κ2) is 8.59. The first-order chi connectivity index (χ1) is 9.95. The van der Waals surface area contributed by atoms with Gasteiger partial charge in [-0.1, -0.05) is 0 Å². The van der Waals surface area contributed by atoms with Crippen LogP contribution in [0.5, 0.6) is 5.75 Å². The maximum atomic E-state index is 13.2. The van der Waals surface area contributed by atoms with Crippen molar-refractivity contribution in [3.05, 3.63) is 29.6 Å². The van der Waals surface area contributed by atoms with E-state index in [9.17, 15) is 9.18 Å². The van der Waals surface area contributed by atoms with Gasteiger partial charge in [-0.2, -0.15) is 0 Å². The third-order valence-electron chi connectivity index (χ3n) is 2.96. The van der Waals surface area contributed by atoms with E-state index in [0.717, 1.165) is 6.42 Å². The number of hydrogen-bond acceptors (Lipinski definition) is 4. The number of carbonyl (C=O) groups is 1. The maximum Gasteiger partial charge on any atom is 0.260 e. The van der Waals surface area contributed by atoms with Crippen LogP contribution in [0.4, 0.5) is 4.39 Å². The number of halogens is 1. The number of ether oxygens (including phenoxy) is 2. The molecule has 0 heterocycles. The zero-order valence-electron chi connectivity index (χ0n) is 12.7. The summed E-state index contributed by atoms with van der Waals surface area (Å²) in [6.45, 7) is 4.48. The SMILES string of the molecule is COCCCNC(=O)C(C)Oc1ccc(F)cc1[C@H](C)N. The van der Waals surface area contributed by atoms with E-state index in [1.807, 2.05) is 0 Å². The van der Waals surface area contributed by atoms with Crippen LogP contribution in [-0.2, 0) is 9.53 Å². The predicted molar refractivity (Wildman–Crippen MR) is 78.6 cm³/mol. The van der Waals surface area contributed by atoms with E-state index in [1.165, 1.54) is 18.2 Å². The van der Waals surface area contributed by atoms with Crippen molar-refractivity contribution < 1.29 is 18.7 Å². The van der Waals surface area contributed by atoms with Crippen LogP contribution >= 0.6 is 0 Å². The molecule has 0 radical (unpaired) electrons. The summed E-state index contributed by atoms with van der Waals surface area (Å²) in [7, 11) is 1.61. The van der Waals surface area contributed by atoms with Crippen LogP contribution in [-0.4, -0.2) is 32.3 Å². The van der Waals surface area contributed by atoms with E-state index in [1.54, 1.807) is 21.0 Å². The van der Waals surface area contributed by atoms with Crippen LogP contribution in [0.2, 0.25) is 0 Å². The van der Waals surface area contributed by atoms with E-state index in [2.05, 4.69) is 5.32 Å². The Morgan fingerprint density at radius 1 is 1.43 bits per heavy atom. The number of methoxy groups -OCH3 is 1. The molecular formula is C15H23FN2O3. The Labute approximate surface area is 124 Å². The summed E-state index contributed by atoms with van der Waals surface area (Å²) in [6.07, 6.45) is 0.0480. The van der Waals surface area contributed by atoms with Gasteiger partial charge < -0.3 is 20.5 Å². The highest BCUT2D eigenvalue weighted by molar-refractivity contribution is 5.80. The Morgan fingerprint density at radius 2 is 2.14 bits per heavy atom. The molecule has 0 aliphatic rings. The van der Waals surface area contributed by atoms with Gasteiger partial charge in [-0.25, -0.2) is 4.39 Å². The average molecular weight is 298 g/mol. The Hall–Kier alpha value is -1.66. The molecule has 6 heteroatoms. The highest BCUT2D eigenvalue weighted by atomic mass is 19.1. The van der Waals surface area contributed by atoms with Gasteiger partial charge in [0.2, 0.25) is 0 Å². The average Bonchev–Trinajstić information content (AvgIpc) is 2.44. The van der Waals surface area contributed by atoms with Crippen molar-refractivity contribution in [3.63, 3.8) is 0 Å². The molecule has 2 atom stereocenters. The van der Waals surface area contributed by atoms with Gasteiger partial charge in [-0.3, -0.25) is 4.79 Å². The Bertz CT molecular complexity index is 466. The second-order valence-corrected chi connectivity index (χ2v) is 4.87. The summed E-state index contributed by atoms with van der Waals surface area (Å²) in [6, 6.07) is 3.71. The molecular weight excluding hydrogens is 275 g/mol. The molecule has 5 nitrogen and oxygen atoms in total. The Kier molecular flexibility index (Phi) is 7.11. The van der Waals surface area contributed by atoms with Crippen LogP contribution in [0.1, 0.15) is 31.9 Å². The van der Waals surface area contributed by atoms with Crippen molar-refractivity contribution in [3.8, 4) is 5.75 Å². The van der Waals surface area contributed by atoms with Crippen molar-refractivity contribution in [2.75, 3.05) is 20.3 Å². The molecule has 1 unspecified atom stereocenters. The van der Waals surface area contributed by atoms with Gasteiger partial charge in [0.1, 0.15) is 11.6 Å². The molecule has 0 aliphatic carbocycles. The Morgan fingerprint density at radius 3 is 2.76 bits per heavy atom. The standard InChI is InChI=1S/C15H23FN2O3/c1-10(17)13-9-12(16)5-6-14(13)21-11(2)15(19)18-7-4-8-20-3/h5-6,9-11H,4,7-8,17H2,1-3H3,(H,18,19)/t10-,11?/m0/s1. The molecule has 1 amide bonds. The van der Waals surface area contributed by atoms with Crippen LogP contribution in [0.3, 0.4) is 0 Å². The zero-order valence-corrected chi connectivity index (χ0v) is 12.7. The van der Waals surface area contributed by atoms with Gasteiger partial charge >= 0.3 is 0 Å². The Balaban J connectivity index is 2.61. The van der Waals surface area contributed by atoms with Gasteiger partial charge in [0, 0.05) is 31.9 Å². The molecule has 1 rings (SSSR count). The van der Waals surface area contributed by atoms with Gasteiger partial charge in [0.15, 0.2) is 6.10 Å². The van der Waals surface area contributed by atoms with E-state index in [0.29, 0.717) is 24.5 Å². The fourth-order valence-electron chi connectivity index (χ4n) is 1.80. The highest BCUT2D eigenvalue weighted by Crippen LogP contribution is 2.25. The van der Waals surface area contributed by atoms with Crippen LogP contribution in [0, 0.1) is 5.82 Å². The number of hydrogen-bond donors (Lipinski definition) is 2. The molecule has 0 saturated carbocycles. The highest BCUT2D eigenvalue weighted by Gasteiger charge is 2.17. The summed E-state index contributed by atoms with van der Waals surface area (Å²) in [5, 5.41) is 2.75. The first kappa shape index (κ1) is 17.4. The minimum Gasteiger partial charge on any atom is -0.481 e.